The molecule has 1 fully saturated rings. The zero-order chi connectivity index (χ0) is 17.4. The lowest BCUT2D eigenvalue weighted by Crippen LogP contribution is -2.42. The maximum Gasteiger partial charge on any atom is 0.328 e. The molecule has 1 atom stereocenters. The maximum atomic E-state index is 12.3. The number of carbonyl (C=O) groups excluding carboxylic acids is 1. The molecule has 1 aromatic carbocycles. The van der Waals surface area contributed by atoms with Crippen LogP contribution in [0.3, 0.4) is 0 Å². The van der Waals surface area contributed by atoms with Gasteiger partial charge in [0, 0.05) is 12.1 Å². The van der Waals surface area contributed by atoms with Crippen molar-refractivity contribution < 1.29 is 14.7 Å². The smallest absolute Gasteiger partial charge is 0.328 e. The SMILES string of the molecule is CCn1c(=O)[nH]c2cc(C(=O)NC(C(=O)O)C3CC3)ccc2c1=O. The first-order valence-corrected chi connectivity index (χ1v) is 7.73. The van der Waals surface area contributed by atoms with Crippen molar-refractivity contribution in [2.45, 2.75) is 32.4 Å². The van der Waals surface area contributed by atoms with E-state index in [1.165, 1.54) is 18.2 Å². The van der Waals surface area contributed by atoms with Gasteiger partial charge in [0.25, 0.3) is 11.5 Å². The average Bonchev–Trinajstić information content (AvgIpc) is 3.36. The van der Waals surface area contributed by atoms with Crippen molar-refractivity contribution in [2.24, 2.45) is 5.92 Å². The van der Waals surface area contributed by atoms with E-state index in [0.29, 0.717) is 5.39 Å². The predicted molar refractivity (Wildman–Crippen MR) is 86.1 cm³/mol. The molecule has 1 aliphatic carbocycles. The van der Waals surface area contributed by atoms with Crippen LogP contribution in [0.4, 0.5) is 0 Å². The molecule has 1 aliphatic rings. The summed E-state index contributed by atoms with van der Waals surface area (Å²) in [6.45, 7) is 1.93. The molecule has 24 heavy (non-hydrogen) atoms. The second-order valence-corrected chi connectivity index (χ2v) is 5.87. The third-order valence-electron chi connectivity index (χ3n) is 4.21. The quantitative estimate of drug-likeness (QED) is 0.728. The molecule has 1 heterocycles. The summed E-state index contributed by atoms with van der Waals surface area (Å²) in [5, 5.41) is 12.0. The van der Waals surface area contributed by atoms with Crippen LogP contribution in [0.1, 0.15) is 30.1 Å². The van der Waals surface area contributed by atoms with E-state index in [0.717, 1.165) is 17.4 Å². The molecule has 0 aliphatic heterocycles. The molecule has 0 saturated heterocycles. The van der Waals surface area contributed by atoms with Crippen LogP contribution in [0, 0.1) is 5.92 Å². The van der Waals surface area contributed by atoms with E-state index < -0.39 is 29.2 Å². The second-order valence-electron chi connectivity index (χ2n) is 5.87. The van der Waals surface area contributed by atoms with Crippen LogP contribution in [0.5, 0.6) is 0 Å². The maximum absolute atomic E-state index is 12.3. The number of rotatable bonds is 5. The summed E-state index contributed by atoms with van der Waals surface area (Å²) in [7, 11) is 0. The number of amides is 1. The molecule has 0 bridgehead atoms. The summed E-state index contributed by atoms with van der Waals surface area (Å²) < 4.78 is 1.07. The molecule has 1 aromatic heterocycles. The number of carboxylic acid groups (broad SMARTS) is 1. The molecule has 3 rings (SSSR count). The van der Waals surface area contributed by atoms with E-state index in [2.05, 4.69) is 10.3 Å². The third kappa shape index (κ3) is 2.82. The van der Waals surface area contributed by atoms with Gasteiger partial charge in [-0.05, 0) is 43.9 Å². The van der Waals surface area contributed by atoms with E-state index in [-0.39, 0.29) is 23.5 Å². The van der Waals surface area contributed by atoms with E-state index >= 15 is 0 Å². The minimum Gasteiger partial charge on any atom is -0.480 e. The number of aliphatic carboxylic acids is 1. The zero-order valence-electron chi connectivity index (χ0n) is 13.0. The first kappa shape index (κ1) is 16.0. The van der Waals surface area contributed by atoms with Crippen LogP contribution < -0.4 is 16.6 Å². The first-order chi connectivity index (χ1) is 11.4. The Kier molecular flexibility index (Phi) is 3.96. The van der Waals surface area contributed by atoms with Gasteiger partial charge in [-0.1, -0.05) is 0 Å². The zero-order valence-corrected chi connectivity index (χ0v) is 13.0. The number of hydrogen-bond donors (Lipinski definition) is 3. The highest BCUT2D eigenvalue weighted by atomic mass is 16.4. The van der Waals surface area contributed by atoms with Gasteiger partial charge in [-0.15, -0.1) is 0 Å². The Morgan fingerprint density at radius 2 is 2.08 bits per heavy atom. The van der Waals surface area contributed by atoms with Gasteiger partial charge in [0.2, 0.25) is 0 Å². The van der Waals surface area contributed by atoms with Crippen molar-refractivity contribution in [1.29, 1.82) is 0 Å². The number of benzene rings is 1. The molecule has 8 nitrogen and oxygen atoms in total. The van der Waals surface area contributed by atoms with Crippen molar-refractivity contribution in [3.05, 3.63) is 44.6 Å². The summed E-state index contributed by atoms with van der Waals surface area (Å²) in [6, 6.07) is 3.38. The number of fused-ring (bicyclic) bond motifs is 1. The highest BCUT2D eigenvalue weighted by Gasteiger charge is 2.37. The molecular formula is C16H17N3O5. The molecular weight excluding hydrogens is 314 g/mol. The third-order valence-corrected chi connectivity index (χ3v) is 4.21. The van der Waals surface area contributed by atoms with Crippen molar-refractivity contribution in [2.75, 3.05) is 0 Å². The molecule has 0 spiro atoms. The van der Waals surface area contributed by atoms with Crippen LogP contribution >= 0.6 is 0 Å². The summed E-state index contributed by atoms with van der Waals surface area (Å²) >= 11 is 0. The number of aromatic nitrogens is 2. The Hall–Kier alpha value is -2.90. The van der Waals surface area contributed by atoms with Crippen LogP contribution in [0.2, 0.25) is 0 Å². The Morgan fingerprint density at radius 1 is 1.38 bits per heavy atom. The molecule has 2 aromatic rings. The lowest BCUT2D eigenvalue weighted by atomic mass is 10.1. The van der Waals surface area contributed by atoms with Crippen LogP contribution in [-0.4, -0.2) is 32.6 Å². The number of carbonyl (C=O) groups is 2. The molecule has 0 radical (unpaired) electrons. The van der Waals surface area contributed by atoms with Crippen molar-refractivity contribution in [3.8, 4) is 0 Å². The van der Waals surface area contributed by atoms with Gasteiger partial charge in [0.15, 0.2) is 0 Å². The minimum absolute atomic E-state index is 0.0385. The Bertz CT molecular complexity index is 939. The molecule has 1 amide bonds. The van der Waals surface area contributed by atoms with E-state index in [1.807, 2.05) is 0 Å². The van der Waals surface area contributed by atoms with Gasteiger partial charge >= 0.3 is 11.7 Å². The lowest BCUT2D eigenvalue weighted by Gasteiger charge is -2.13. The Balaban J connectivity index is 1.96. The molecule has 8 heteroatoms. The van der Waals surface area contributed by atoms with Crippen LogP contribution in [-0.2, 0) is 11.3 Å². The second kappa shape index (κ2) is 5.95. The molecule has 3 N–H and O–H groups in total. The van der Waals surface area contributed by atoms with E-state index in [1.54, 1.807) is 6.92 Å². The summed E-state index contributed by atoms with van der Waals surface area (Å²) in [5.41, 5.74) is -0.530. The van der Waals surface area contributed by atoms with Crippen molar-refractivity contribution in [3.63, 3.8) is 0 Å². The van der Waals surface area contributed by atoms with Crippen LogP contribution in [0.15, 0.2) is 27.8 Å². The largest absolute Gasteiger partial charge is 0.480 e. The Morgan fingerprint density at radius 3 is 2.67 bits per heavy atom. The number of carboxylic acids is 1. The van der Waals surface area contributed by atoms with Crippen LogP contribution in [0.25, 0.3) is 10.9 Å². The first-order valence-electron chi connectivity index (χ1n) is 7.73. The minimum atomic E-state index is -1.06. The van der Waals surface area contributed by atoms with Gasteiger partial charge in [0.05, 0.1) is 10.9 Å². The fraction of sp³-hybridized carbons (Fsp3) is 0.375. The van der Waals surface area contributed by atoms with Gasteiger partial charge in [0.1, 0.15) is 6.04 Å². The molecule has 1 unspecified atom stereocenters. The van der Waals surface area contributed by atoms with E-state index in [9.17, 15) is 24.3 Å². The average molecular weight is 331 g/mol. The fourth-order valence-corrected chi connectivity index (χ4v) is 2.72. The monoisotopic (exact) mass is 331 g/mol. The van der Waals surface area contributed by atoms with Crippen molar-refractivity contribution >= 4 is 22.8 Å². The standard InChI is InChI=1S/C16H17N3O5/c1-2-19-14(21)10-6-5-9(7-11(10)17-16(19)24)13(20)18-12(15(22)23)8-3-4-8/h5-8,12H,2-4H2,1H3,(H,17,24)(H,18,20)(H,22,23). The summed E-state index contributed by atoms with van der Waals surface area (Å²) in [6.07, 6.45) is 1.55. The lowest BCUT2D eigenvalue weighted by molar-refractivity contribution is -0.139. The predicted octanol–water partition coefficient (Wildman–Crippen LogP) is 0.303. The number of hydrogen-bond acceptors (Lipinski definition) is 4. The van der Waals surface area contributed by atoms with Gasteiger partial charge in [-0.2, -0.15) is 0 Å². The van der Waals surface area contributed by atoms with Gasteiger partial charge < -0.3 is 15.4 Å². The van der Waals surface area contributed by atoms with E-state index in [4.69, 9.17) is 0 Å². The van der Waals surface area contributed by atoms with Gasteiger partial charge in [-0.25, -0.2) is 9.59 Å². The molecule has 1 saturated carbocycles. The summed E-state index contributed by atoms with van der Waals surface area (Å²) in [4.78, 5) is 50.1. The molecule has 126 valence electrons. The number of nitrogens with one attached hydrogen (secondary N) is 2. The van der Waals surface area contributed by atoms with Gasteiger partial charge in [-0.3, -0.25) is 14.2 Å². The highest BCUT2D eigenvalue weighted by Crippen LogP contribution is 2.32. The normalized spacial score (nSPS) is 15.2. The Labute approximate surface area is 136 Å². The number of nitrogens with zero attached hydrogens (tertiary/aromatic N) is 1. The highest BCUT2D eigenvalue weighted by molar-refractivity contribution is 5.99. The topological polar surface area (TPSA) is 121 Å². The number of aromatic amines is 1. The summed E-state index contributed by atoms with van der Waals surface area (Å²) in [5.74, 6) is -1.65. The number of H-pyrrole nitrogens is 1. The fourth-order valence-electron chi connectivity index (χ4n) is 2.72. The van der Waals surface area contributed by atoms with Crippen molar-refractivity contribution in [1.82, 2.24) is 14.9 Å².